The number of carboxylic acids is 1. The highest BCUT2D eigenvalue weighted by atomic mass is 19.4. The Morgan fingerprint density at radius 3 is 2.82 bits per heavy atom. The second-order valence-electron chi connectivity index (χ2n) is 3.69. The third-order valence-corrected chi connectivity index (χ3v) is 2.41. The lowest BCUT2D eigenvalue weighted by Gasteiger charge is -2.22. The number of halogens is 3. The molecule has 1 aliphatic rings. The minimum atomic E-state index is -4.34. The standard InChI is InChI=1S/C9H8F3NO4/c10-9(11,12)2-4-1-5-6(3-16-4)17-13-7(5)8(14)15/h4H,1-3H2,(H,14,15). The zero-order chi connectivity index (χ0) is 12.6. The Hall–Kier alpha value is -1.57. The zero-order valence-electron chi connectivity index (χ0n) is 8.45. The van der Waals surface area contributed by atoms with E-state index in [2.05, 4.69) is 9.68 Å². The molecule has 1 atom stereocenters. The van der Waals surface area contributed by atoms with Crippen molar-refractivity contribution in [2.45, 2.75) is 31.7 Å². The first-order valence-electron chi connectivity index (χ1n) is 4.76. The third-order valence-electron chi connectivity index (χ3n) is 2.41. The van der Waals surface area contributed by atoms with Crippen molar-refractivity contribution in [2.75, 3.05) is 0 Å². The van der Waals surface area contributed by atoms with Crippen LogP contribution in [-0.2, 0) is 17.8 Å². The molecule has 2 rings (SSSR count). The Kier molecular flexibility index (Phi) is 2.82. The van der Waals surface area contributed by atoms with Crippen molar-refractivity contribution in [3.05, 3.63) is 17.0 Å². The molecular weight excluding hydrogens is 243 g/mol. The van der Waals surface area contributed by atoms with Crippen LogP contribution in [0.25, 0.3) is 0 Å². The van der Waals surface area contributed by atoms with E-state index in [1.165, 1.54) is 0 Å². The van der Waals surface area contributed by atoms with Crippen LogP contribution in [0.4, 0.5) is 13.2 Å². The van der Waals surface area contributed by atoms with Crippen LogP contribution in [-0.4, -0.2) is 28.5 Å². The normalized spacial score (nSPS) is 20.1. The molecule has 0 aromatic carbocycles. The highest BCUT2D eigenvalue weighted by Crippen LogP contribution is 2.30. The Labute approximate surface area is 93.1 Å². The molecule has 17 heavy (non-hydrogen) atoms. The number of fused-ring (bicyclic) bond motifs is 1. The number of aromatic nitrogens is 1. The molecule has 0 saturated heterocycles. The summed E-state index contributed by atoms with van der Waals surface area (Å²) in [4.78, 5) is 10.7. The molecule has 0 saturated carbocycles. The van der Waals surface area contributed by atoms with Crippen LogP contribution in [0.3, 0.4) is 0 Å². The second kappa shape index (κ2) is 4.02. The van der Waals surface area contributed by atoms with E-state index in [4.69, 9.17) is 9.84 Å². The molecule has 2 heterocycles. The van der Waals surface area contributed by atoms with Crippen molar-refractivity contribution in [1.29, 1.82) is 0 Å². The van der Waals surface area contributed by atoms with Gasteiger partial charge >= 0.3 is 12.1 Å². The van der Waals surface area contributed by atoms with Crippen molar-refractivity contribution < 1.29 is 32.3 Å². The van der Waals surface area contributed by atoms with Crippen molar-refractivity contribution in [2.24, 2.45) is 0 Å². The number of hydrogen-bond donors (Lipinski definition) is 1. The molecule has 0 radical (unpaired) electrons. The number of ether oxygens (including phenoxy) is 1. The number of carbonyl (C=O) groups is 1. The smallest absolute Gasteiger partial charge is 0.391 e. The van der Waals surface area contributed by atoms with E-state index in [1.54, 1.807) is 0 Å². The Morgan fingerprint density at radius 2 is 2.24 bits per heavy atom. The molecule has 1 unspecified atom stereocenters. The van der Waals surface area contributed by atoms with Gasteiger partial charge in [0.15, 0.2) is 11.5 Å². The van der Waals surface area contributed by atoms with E-state index < -0.39 is 24.7 Å². The lowest BCUT2D eigenvalue weighted by atomic mass is 10.0. The Bertz CT molecular complexity index is 440. The molecule has 0 bridgehead atoms. The molecule has 94 valence electrons. The number of aromatic carboxylic acids is 1. The molecule has 1 aliphatic heterocycles. The van der Waals surface area contributed by atoms with Crippen LogP contribution in [0.5, 0.6) is 0 Å². The molecule has 0 amide bonds. The van der Waals surface area contributed by atoms with E-state index in [9.17, 15) is 18.0 Å². The van der Waals surface area contributed by atoms with Crippen molar-refractivity contribution in [1.82, 2.24) is 5.16 Å². The summed E-state index contributed by atoms with van der Waals surface area (Å²) >= 11 is 0. The van der Waals surface area contributed by atoms with Gasteiger partial charge in [0.2, 0.25) is 0 Å². The van der Waals surface area contributed by atoms with Crippen molar-refractivity contribution >= 4 is 5.97 Å². The Balaban J connectivity index is 2.17. The fourth-order valence-corrected chi connectivity index (χ4v) is 1.70. The number of carboxylic acid groups (broad SMARTS) is 1. The average Bonchev–Trinajstić information content (AvgIpc) is 2.57. The minimum Gasteiger partial charge on any atom is -0.476 e. The molecule has 8 heteroatoms. The van der Waals surface area contributed by atoms with E-state index in [0.29, 0.717) is 0 Å². The Morgan fingerprint density at radius 1 is 1.53 bits per heavy atom. The number of alkyl halides is 3. The number of nitrogens with zero attached hydrogens (tertiary/aromatic N) is 1. The fraction of sp³-hybridized carbons (Fsp3) is 0.556. The summed E-state index contributed by atoms with van der Waals surface area (Å²) in [7, 11) is 0. The van der Waals surface area contributed by atoms with Crippen LogP contribution < -0.4 is 0 Å². The SMILES string of the molecule is O=C(O)c1noc2c1CC(CC(F)(F)F)OC2. The van der Waals surface area contributed by atoms with Gasteiger partial charge in [-0.15, -0.1) is 0 Å². The van der Waals surface area contributed by atoms with Gasteiger partial charge < -0.3 is 14.4 Å². The molecule has 0 aliphatic carbocycles. The monoisotopic (exact) mass is 251 g/mol. The summed E-state index contributed by atoms with van der Waals surface area (Å²) in [5, 5.41) is 12.1. The third kappa shape index (κ3) is 2.57. The van der Waals surface area contributed by atoms with Crippen LogP contribution in [0.15, 0.2) is 4.52 Å². The maximum atomic E-state index is 12.2. The van der Waals surface area contributed by atoms with E-state index >= 15 is 0 Å². The summed E-state index contributed by atoms with van der Waals surface area (Å²) in [6, 6.07) is 0. The molecule has 0 fully saturated rings. The van der Waals surface area contributed by atoms with Crippen LogP contribution in [0.1, 0.15) is 28.2 Å². The van der Waals surface area contributed by atoms with Gasteiger partial charge in [-0.25, -0.2) is 4.79 Å². The highest BCUT2D eigenvalue weighted by molar-refractivity contribution is 5.87. The molecular formula is C9H8F3NO4. The van der Waals surface area contributed by atoms with Crippen molar-refractivity contribution in [3.8, 4) is 0 Å². The summed E-state index contributed by atoms with van der Waals surface area (Å²) in [6.45, 7) is -0.184. The van der Waals surface area contributed by atoms with Gasteiger partial charge in [-0.1, -0.05) is 5.16 Å². The number of rotatable bonds is 2. The van der Waals surface area contributed by atoms with Crippen LogP contribution >= 0.6 is 0 Å². The predicted molar refractivity (Wildman–Crippen MR) is 46.4 cm³/mol. The first-order chi connectivity index (χ1) is 7.87. The van der Waals surface area contributed by atoms with Gasteiger partial charge in [0.1, 0.15) is 6.61 Å². The van der Waals surface area contributed by atoms with E-state index in [-0.39, 0.29) is 30.0 Å². The zero-order valence-corrected chi connectivity index (χ0v) is 8.45. The molecule has 0 spiro atoms. The fourth-order valence-electron chi connectivity index (χ4n) is 1.70. The summed E-state index contributed by atoms with van der Waals surface area (Å²) < 4.78 is 46.1. The second-order valence-corrected chi connectivity index (χ2v) is 3.69. The number of hydrogen-bond acceptors (Lipinski definition) is 4. The maximum Gasteiger partial charge on any atom is 0.391 e. The van der Waals surface area contributed by atoms with Gasteiger partial charge in [-0.05, 0) is 0 Å². The topological polar surface area (TPSA) is 72.6 Å². The summed E-state index contributed by atoms with van der Waals surface area (Å²) in [5.74, 6) is -1.14. The van der Waals surface area contributed by atoms with Crippen LogP contribution in [0, 0.1) is 0 Å². The quantitative estimate of drug-likeness (QED) is 0.867. The van der Waals surface area contributed by atoms with E-state index in [0.717, 1.165) is 0 Å². The molecule has 5 nitrogen and oxygen atoms in total. The first kappa shape index (κ1) is 11.9. The first-order valence-corrected chi connectivity index (χ1v) is 4.76. The van der Waals surface area contributed by atoms with Gasteiger partial charge in [-0.3, -0.25) is 0 Å². The molecule has 1 aromatic heterocycles. The molecule has 1 aromatic rings. The highest BCUT2D eigenvalue weighted by Gasteiger charge is 2.37. The van der Waals surface area contributed by atoms with Crippen LogP contribution in [0.2, 0.25) is 0 Å². The predicted octanol–water partition coefficient (Wildman–Crippen LogP) is 1.77. The maximum absolute atomic E-state index is 12.2. The minimum absolute atomic E-state index is 0.153. The average molecular weight is 251 g/mol. The van der Waals surface area contributed by atoms with E-state index in [1.807, 2.05) is 0 Å². The van der Waals surface area contributed by atoms with Gasteiger partial charge in [0, 0.05) is 12.0 Å². The van der Waals surface area contributed by atoms with Gasteiger partial charge in [0.05, 0.1) is 12.5 Å². The van der Waals surface area contributed by atoms with Crippen molar-refractivity contribution in [3.63, 3.8) is 0 Å². The van der Waals surface area contributed by atoms with Gasteiger partial charge in [0.25, 0.3) is 0 Å². The lowest BCUT2D eigenvalue weighted by Crippen LogP contribution is -2.28. The summed E-state index contributed by atoms with van der Waals surface area (Å²) in [6.07, 6.45) is -6.70. The lowest BCUT2D eigenvalue weighted by molar-refractivity contribution is -0.164. The molecule has 1 N–H and O–H groups in total. The van der Waals surface area contributed by atoms with Gasteiger partial charge in [-0.2, -0.15) is 13.2 Å². The largest absolute Gasteiger partial charge is 0.476 e. The summed E-state index contributed by atoms with van der Waals surface area (Å²) in [5.41, 5.74) is -0.145.